The van der Waals surface area contributed by atoms with Crippen molar-refractivity contribution < 1.29 is 4.92 Å². The Morgan fingerprint density at radius 3 is 2.50 bits per heavy atom. The number of pyridine rings is 1. The molecule has 0 bridgehead atoms. The highest BCUT2D eigenvalue weighted by molar-refractivity contribution is 5.47. The van der Waals surface area contributed by atoms with Crippen LogP contribution in [0.2, 0.25) is 0 Å². The summed E-state index contributed by atoms with van der Waals surface area (Å²) in [5.74, 6) is 0. The Labute approximate surface area is 105 Å². The Bertz CT molecular complexity index is 551. The lowest BCUT2D eigenvalue weighted by atomic mass is 10.1. The summed E-state index contributed by atoms with van der Waals surface area (Å²) in [6.45, 7) is 0. The molecule has 0 aliphatic rings. The maximum absolute atomic E-state index is 11.0. The maximum atomic E-state index is 11.0. The molecule has 0 aliphatic carbocycles. The quantitative estimate of drug-likeness (QED) is 0.609. The van der Waals surface area contributed by atoms with Crippen LogP contribution in [-0.2, 0) is 6.42 Å². The van der Waals surface area contributed by atoms with Crippen LogP contribution in [0.4, 0.5) is 0 Å². The molecule has 0 saturated carbocycles. The molecule has 4 nitrogen and oxygen atoms in total. The number of allylic oxidation sites excluding steroid dienone is 1. The van der Waals surface area contributed by atoms with Gasteiger partial charge in [-0.1, -0.05) is 36.4 Å². The normalized spacial score (nSPS) is 11.2. The highest BCUT2D eigenvalue weighted by Gasteiger charge is 2.11. The molecule has 0 fully saturated rings. The summed E-state index contributed by atoms with van der Waals surface area (Å²) >= 11 is 0. The lowest BCUT2D eigenvalue weighted by Gasteiger charge is -1.99. The third-order valence-corrected chi connectivity index (χ3v) is 2.46. The van der Waals surface area contributed by atoms with E-state index in [1.54, 1.807) is 24.4 Å². The number of benzene rings is 1. The summed E-state index contributed by atoms with van der Waals surface area (Å²) in [5, 5.41) is 11.0. The summed E-state index contributed by atoms with van der Waals surface area (Å²) in [7, 11) is 0. The van der Waals surface area contributed by atoms with Crippen molar-refractivity contribution in [2.45, 2.75) is 6.42 Å². The molecule has 2 aromatic rings. The van der Waals surface area contributed by atoms with Crippen LogP contribution in [-0.4, -0.2) is 9.91 Å². The molecule has 0 saturated heterocycles. The van der Waals surface area contributed by atoms with Crippen LogP contribution in [0.5, 0.6) is 0 Å². The van der Waals surface area contributed by atoms with Gasteiger partial charge in [0.15, 0.2) is 0 Å². The maximum Gasteiger partial charge on any atom is 0.252 e. The van der Waals surface area contributed by atoms with Gasteiger partial charge in [0.25, 0.3) is 5.70 Å². The van der Waals surface area contributed by atoms with Gasteiger partial charge in [0.2, 0.25) is 0 Å². The van der Waals surface area contributed by atoms with Crippen molar-refractivity contribution in [3.05, 3.63) is 81.8 Å². The molecule has 18 heavy (non-hydrogen) atoms. The number of aromatic nitrogens is 1. The van der Waals surface area contributed by atoms with Crippen molar-refractivity contribution in [2.75, 3.05) is 0 Å². The molecular formula is C14H12N2O2. The Balaban J connectivity index is 2.25. The molecule has 0 amide bonds. The van der Waals surface area contributed by atoms with Crippen molar-refractivity contribution >= 4 is 6.08 Å². The lowest BCUT2D eigenvalue weighted by Crippen LogP contribution is -2.02. The van der Waals surface area contributed by atoms with E-state index in [4.69, 9.17) is 0 Å². The Hall–Kier alpha value is -2.49. The molecule has 0 radical (unpaired) electrons. The van der Waals surface area contributed by atoms with E-state index >= 15 is 0 Å². The molecule has 0 aliphatic heterocycles. The van der Waals surface area contributed by atoms with Gasteiger partial charge in [-0.3, -0.25) is 15.1 Å². The third kappa shape index (κ3) is 3.25. The second kappa shape index (κ2) is 5.72. The Morgan fingerprint density at radius 2 is 1.89 bits per heavy atom. The summed E-state index contributed by atoms with van der Waals surface area (Å²) in [6.07, 6.45) is 3.42. The van der Waals surface area contributed by atoms with E-state index in [9.17, 15) is 10.1 Å². The molecule has 0 unspecified atom stereocenters. The van der Waals surface area contributed by atoms with Gasteiger partial charge in [-0.25, -0.2) is 0 Å². The van der Waals surface area contributed by atoms with E-state index in [0.29, 0.717) is 12.1 Å². The Kier molecular flexibility index (Phi) is 3.81. The van der Waals surface area contributed by atoms with Crippen molar-refractivity contribution in [2.24, 2.45) is 0 Å². The smallest absolute Gasteiger partial charge is 0.252 e. The van der Waals surface area contributed by atoms with Gasteiger partial charge in [-0.05, 0) is 17.7 Å². The first-order valence-electron chi connectivity index (χ1n) is 5.55. The first-order valence-corrected chi connectivity index (χ1v) is 5.55. The van der Waals surface area contributed by atoms with E-state index in [-0.39, 0.29) is 10.6 Å². The van der Waals surface area contributed by atoms with Gasteiger partial charge < -0.3 is 0 Å². The van der Waals surface area contributed by atoms with E-state index in [0.717, 1.165) is 5.56 Å². The van der Waals surface area contributed by atoms with Gasteiger partial charge >= 0.3 is 0 Å². The van der Waals surface area contributed by atoms with Crippen molar-refractivity contribution in [3.8, 4) is 0 Å². The fourth-order valence-electron chi connectivity index (χ4n) is 1.61. The molecular weight excluding hydrogens is 228 g/mol. The third-order valence-electron chi connectivity index (χ3n) is 2.46. The summed E-state index contributed by atoms with van der Waals surface area (Å²) < 4.78 is 0. The lowest BCUT2D eigenvalue weighted by molar-refractivity contribution is -0.425. The summed E-state index contributed by atoms with van der Waals surface area (Å²) in [5.41, 5.74) is 1.65. The van der Waals surface area contributed by atoms with Crippen LogP contribution in [0.25, 0.3) is 6.08 Å². The number of nitro groups is 1. The second-order valence-electron chi connectivity index (χ2n) is 3.81. The van der Waals surface area contributed by atoms with E-state index < -0.39 is 0 Å². The molecule has 1 aromatic heterocycles. The second-order valence-corrected chi connectivity index (χ2v) is 3.81. The van der Waals surface area contributed by atoms with Crippen LogP contribution in [0.15, 0.2) is 60.4 Å². The fourth-order valence-corrected chi connectivity index (χ4v) is 1.61. The van der Waals surface area contributed by atoms with Crippen LogP contribution in [0.3, 0.4) is 0 Å². The number of hydrogen-bond acceptors (Lipinski definition) is 3. The van der Waals surface area contributed by atoms with Gasteiger partial charge in [0, 0.05) is 12.3 Å². The topological polar surface area (TPSA) is 56.0 Å². The number of hydrogen-bond donors (Lipinski definition) is 0. The zero-order valence-electron chi connectivity index (χ0n) is 9.69. The number of rotatable bonds is 4. The first-order chi connectivity index (χ1) is 8.75. The average molecular weight is 240 g/mol. The molecule has 0 N–H and O–H groups in total. The first kappa shape index (κ1) is 12.0. The van der Waals surface area contributed by atoms with E-state index in [2.05, 4.69) is 4.98 Å². The van der Waals surface area contributed by atoms with Gasteiger partial charge in [-0.15, -0.1) is 0 Å². The molecule has 4 heteroatoms. The highest BCUT2D eigenvalue weighted by atomic mass is 16.6. The molecule has 0 spiro atoms. The monoisotopic (exact) mass is 240 g/mol. The van der Waals surface area contributed by atoms with Crippen LogP contribution < -0.4 is 0 Å². The van der Waals surface area contributed by atoms with Crippen LogP contribution in [0.1, 0.15) is 11.3 Å². The zero-order valence-corrected chi connectivity index (χ0v) is 9.69. The molecule has 0 atom stereocenters. The van der Waals surface area contributed by atoms with E-state index in [1.807, 2.05) is 30.3 Å². The minimum Gasteiger partial charge on any atom is -0.259 e. The average Bonchev–Trinajstić information content (AvgIpc) is 2.40. The van der Waals surface area contributed by atoms with Gasteiger partial charge in [-0.2, -0.15) is 0 Å². The van der Waals surface area contributed by atoms with Gasteiger partial charge in [0.1, 0.15) is 0 Å². The molecule has 2 rings (SSSR count). The largest absolute Gasteiger partial charge is 0.259 e. The standard InChI is InChI=1S/C14H12N2O2/c17-16(18)14(10-12-6-2-1-3-7-12)11-13-8-4-5-9-15-13/h1-9,11H,10H2. The van der Waals surface area contributed by atoms with Gasteiger partial charge in [0.05, 0.1) is 17.0 Å². The SMILES string of the molecule is O=[N+]([O-])C(=Cc1ccccn1)Cc1ccccc1. The minimum atomic E-state index is -0.359. The predicted molar refractivity (Wildman–Crippen MR) is 69.4 cm³/mol. The minimum absolute atomic E-state index is 0.139. The van der Waals surface area contributed by atoms with Crippen LogP contribution >= 0.6 is 0 Å². The highest BCUT2D eigenvalue weighted by Crippen LogP contribution is 2.11. The zero-order chi connectivity index (χ0) is 12.8. The van der Waals surface area contributed by atoms with Crippen molar-refractivity contribution in [1.82, 2.24) is 4.98 Å². The van der Waals surface area contributed by atoms with Crippen molar-refractivity contribution in [3.63, 3.8) is 0 Å². The number of nitrogens with zero attached hydrogens (tertiary/aromatic N) is 2. The molecule has 1 aromatic carbocycles. The predicted octanol–water partition coefficient (Wildman–Crippen LogP) is 2.94. The summed E-state index contributed by atoms with van der Waals surface area (Å²) in [4.78, 5) is 14.7. The Morgan fingerprint density at radius 1 is 1.17 bits per heavy atom. The van der Waals surface area contributed by atoms with E-state index in [1.165, 1.54) is 6.08 Å². The van der Waals surface area contributed by atoms with Crippen molar-refractivity contribution in [1.29, 1.82) is 0 Å². The summed E-state index contributed by atoms with van der Waals surface area (Å²) in [6, 6.07) is 14.7. The fraction of sp³-hybridized carbons (Fsp3) is 0.0714. The van der Waals surface area contributed by atoms with Crippen LogP contribution in [0, 0.1) is 10.1 Å². The molecule has 90 valence electrons. The molecule has 1 heterocycles.